The van der Waals surface area contributed by atoms with Crippen LogP contribution in [0, 0.1) is 5.41 Å². The molecule has 1 aromatic rings. The molecule has 1 aromatic carbocycles. The first-order valence-corrected chi connectivity index (χ1v) is 7.58. The van der Waals surface area contributed by atoms with Gasteiger partial charge in [-0.05, 0) is 38.8 Å². The van der Waals surface area contributed by atoms with E-state index in [0.29, 0.717) is 23.6 Å². The van der Waals surface area contributed by atoms with Gasteiger partial charge < -0.3 is 15.2 Å². The lowest BCUT2D eigenvalue weighted by molar-refractivity contribution is -0.147. The van der Waals surface area contributed by atoms with Crippen LogP contribution in [0.1, 0.15) is 33.6 Å². The molecule has 22 heavy (non-hydrogen) atoms. The van der Waals surface area contributed by atoms with Crippen molar-refractivity contribution in [2.75, 3.05) is 6.54 Å². The third-order valence-corrected chi connectivity index (χ3v) is 3.71. The summed E-state index contributed by atoms with van der Waals surface area (Å²) in [6.07, 6.45) is 0.170. The minimum absolute atomic E-state index is 0.274. The zero-order valence-corrected chi connectivity index (χ0v) is 13.8. The molecule has 0 radical (unpaired) electrons. The Bertz CT molecular complexity index is 531. The van der Waals surface area contributed by atoms with Crippen LogP contribution >= 0.6 is 11.6 Å². The molecular weight excluding hydrogens is 306 g/mol. The first-order chi connectivity index (χ1) is 10.3. The normalized spacial score (nSPS) is 12.5. The van der Waals surface area contributed by atoms with Crippen molar-refractivity contribution in [2.24, 2.45) is 5.41 Å². The summed E-state index contributed by atoms with van der Waals surface area (Å²) in [4.78, 5) is 23.1. The van der Waals surface area contributed by atoms with Gasteiger partial charge in [0, 0.05) is 6.54 Å². The third kappa shape index (κ3) is 5.22. The topological polar surface area (TPSA) is 75.6 Å². The number of halogens is 1. The number of nitrogens with one attached hydrogen (secondary N) is 1. The number of benzene rings is 1. The number of hydrogen-bond donors (Lipinski definition) is 2. The third-order valence-electron chi connectivity index (χ3n) is 3.40. The zero-order valence-electron chi connectivity index (χ0n) is 13.1. The van der Waals surface area contributed by atoms with E-state index in [2.05, 4.69) is 5.32 Å². The number of carbonyl (C=O) groups is 2. The molecule has 1 amide bonds. The van der Waals surface area contributed by atoms with Gasteiger partial charge in [0.25, 0.3) is 5.91 Å². The van der Waals surface area contributed by atoms with E-state index in [1.54, 1.807) is 38.1 Å². The van der Waals surface area contributed by atoms with Crippen molar-refractivity contribution in [3.8, 4) is 5.75 Å². The predicted molar refractivity (Wildman–Crippen MR) is 85.2 cm³/mol. The standard InChI is InChI=1S/C16H22ClNO4/c1-4-12(22-13-8-6-5-7-11(13)17)14(19)18-10-9-16(2,3)15(20)21/h5-8,12H,4,9-10H2,1-3H3,(H,18,19)(H,20,21). The highest BCUT2D eigenvalue weighted by atomic mass is 35.5. The van der Waals surface area contributed by atoms with E-state index in [1.165, 1.54) is 0 Å². The second-order valence-corrected chi connectivity index (χ2v) is 6.08. The molecule has 0 bridgehead atoms. The quantitative estimate of drug-likeness (QED) is 0.769. The number of hydrogen-bond acceptors (Lipinski definition) is 3. The molecule has 1 atom stereocenters. The van der Waals surface area contributed by atoms with Gasteiger partial charge in [-0.25, -0.2) is 0 Å². The lowest BCUT2D eigenvalue weighted by Gasteiger charge is -2.21. The second kappa shape index (κ2) is 8.03. The SMILES string of the molecule is CCC(Oc1ccccc1Cl)C(=O)NCCC(C)(C)C(=O)O. The van der Waals surface area contributed by atoms with Crippen molar-refractivity contribution in [1.82, 2.24) is 5.32 Å². The fourth-order valence-corrected chi connectivity index (χ4v) is 1.92. The van der Waals surface area contributed by atoms with Crippen LogP contribution in [0.15, 0.2) is 24.3 Å². The Morgan fingerprint density at radius 2 is 2.00 bits per heavy atom. The monoisotopic (exact) mass is 327 g/mol. The molecule has 1 unspecified atom stereocenters. The molecule has 0 saturated heterocycles. The van der Waals surface area contributed by atoms with Gasteiger partial charge in [0.1, 0.15) is 5.75 Å². The Kier molecular flexibility index (Phi) is 6.68. The maximum absolute atomic E-state index is 12.1. The maximum Gasteiger partial charge on any atom is 0.309 e. The van der Waals surface area contributed by atoms with Gasteiger partial charge in [-0.2, -0.15) is 0 Å². The summed E-state index contributed by atoms with van der Waals surface area (Å²) < 4.78 is 5.63. The molecule has 2 N–H and O–H groups in total. The van der Waals surface area contributed by atoms with Crippen molar-refractivity contribution in [3.63, 3.8) is 0 Å². The summed E-state index contributed by atoms with van der Waals surface area (Å²) in [6, 6.07) is 6.95. The van der Waals surface area contributed by atoms with Crippen LogP contribution < -0.4 is 10.1 Å². The van der Waals surface area contributed by atoms with E-state index >= 15 is 0 Å². The fourth-order valence-electron chi connectivity index (χ4n) is 1.73. The molecule has 5 nitrogen and oxygen atoms in total. The lowest BCUT2D eigenvalue weighted by Crippen LogP contribution is -2.40. The number of para-hydroxylation sites is 1. The Labute approximate surface area is 135 Å². The van der Waals surface area contributed by atoms with Crippen molar-refractivity contribution in [1.29, 1.82) is 0 Å². The average Bonchev–Trinajstić information content (AvgIpc) is 2.45. The fraction of sp³-hybridized carbons (Fsp3) is 0.500. The number of ether oxygens (including phenoxy) is 1. The number of carboxylic acid groups (broad SMARTS) is 1. The van der Waals surface area contributed by atoms with E-state index in [9.17, 15) is 9.59 Å². The Hall–Kier alpha value is -1.75. The minimum Gasteiger partial charge on any atom is -0.481 e. The van der Waals surface area contributed by atoms with Gasteiger partial charge in [-0.3, -0.25) is 9.59 Å². The molecule has 6 heteroatoms. The number of rotatable bonds is 8. The van der Waals surface area contributed by atoms with E-state index in [4.69, 9.17) is 21.4 Å². The minimum atomic E-state index is -0.888. The van der Waals surface area contributed by atoms with Gasteiger partial charge in [-0.1, -0.05) is 30.7 Å². The summed E-state index contributed by atoms with van der Waals surface area (Å²) in [6.45, 7) is 5.36. The molecule has 0 heterocycles. The Morgan fingerprint density at radius 3 is 2.55 bits per heavy atom. The van der Waals surface area contributed by atoms with Crippen LogP contribution in [0.2, 0.25) is 5.02 Å². The highest BCUT2D eigenvalue weighted by molar-refractivity contribution is 6.32. The predicted octanol–water partition coefficient (Wildman–Crippen LogP) is 3.11. The zero-order chi connectivity index (χ0) is 16.8. The van der Waals surface area contributed by atoms with Crippen molar-refractivity contribution < 1.29 is 19.4 Å². The van der Waals surface area contributed by atoms with Gasteiger partial charge in [-0.15, -0.1) is 0 Å². The number of aliphatic carboxylic acids is 1. The van der Waals surface area contributed by atoms with Crippen molar-refractivity contribution >= 4 is 23.5 Å². The summed E-state index contributed by atoms with van der Waals surface area (Å²) in [5.41, 5.74) is -0.876. The van der Waals surface area contributed by atoms with E-state index in [-0.39, 0.29) is 12.5 Å². The number of carboxylic acids is 1. The Balaban J connectivity index is 2.55. The molecule has 122 valence electrons. The van der Waals surface area contributed by atoms with Crippen molar-refractivity contribution in [3.05, 3.63) is 29.3 Å². The highest BCUT2D eigenvalue weighted by Crippen LogP contribution is 2.25. The molecule has 0 fully saturated rings. The van der Waals surface area contributed by atoms with Crippen LogP contribution in [0.25, 0.3) is 0 Å². The largest absolute Gasteiger partial charge is 0.481 e. The molecule has 0 aromatic heterocycles. The molecule has 0 aliphatic carbocycles. The van der Waals surface area contributed by atoms with Gasteiger partial charge >= 0.3 is 5.97 Å². The first kappa shape index (κ1) is 18.3. The van der Waals surface area contributed by atoms with Crippen LogP contribution in [0.4, 0.5) is 0 Å². The van der Waals surface area contributed by atoms with Crippen LogP contribution in [0.3, 0.4) is 0 Å². The van der Waals surface area contributed by atoms with Gasteiger partial charge in [0.2, 0.25) is 0 Å². The first-order valence-electron chi connectivity index (χ1n) is 7.20. The van der Waals surface area contributed by atoms with Crippen LogP contribution in [-0.4, -0.2) is 29.6 Å². The van der Waals surface area contributed by atoms with Crippen molar-refractivity contribution in [2.45, 2.75) is 39.7 Å². The molecule has 0 aliphatic heterocycles. The molecule has 1 rings (SSSR count). The average molecular weight is 328 g/mol. The smallest absolute Gasteiger partial charge is 0.309 e. The number of amides is 1. The lowest BCUT2D eigenvalue weighted by atomic mass is 9.90. The maximum atomic E-state index is 12.1. The summed E-state index contributed by atoms with van der Waals surface area (Å²) in [5.74, 6) is -0.707. The van der Waals surface area contributed by atoms with Crippen LogP contribution in [0.5, 0.6) is 5.75 Å². The molecule has 0 spiro atoms. The number of carbonyl (C=O) groups excluding carboxylic acids is 1. The van der Waals surface area contributed by atoms with E-state index < -0.39 is 17.5 Å². The van der Waals surface area contributed by atoms with E-state index in [1.807, 2.05) is 6.92 Å². The summed E-state index contributed by atoms with van der Waals surface area (Å²) >= 11 is 6.01. The highest BCUT2D eigenvalue weighted by Gasteiger charge is 2.27. The van der Waals surface area contributed by atoms with Gasteiger partial charge in [0.15, 0.2) is 6.10 Å². The molecule has 0 aliphatic rings. The second-order valence-electron chi connectivity index (χ2n) is 5.68. The van der Waals surface area contributed by atoms with Crippen LogP contribution in [-0.2, 0) is 9.59 Å². The van der Waals surface area contributed by atoms with E-state index in [0.717, 1.165) is 0 Å². The molecule has 0 saturated carbocycles. The summed E-state index contributed by atoms with van der Waals surface area (Å²) in [5, 5.41) is 12.2. The Morgan fingerprint density at radius 1 is 1.36 bits per heavy atom. The summed E-state index contributed by atoms with van der Waals surface area (Å²) in [7, 11) is 0. The molecular formula is C16H22ClNO4. The van der Waals surface area contributed by atoms with Gasteiger partial charge in [0.05, 0.1) is 10.4 Å².